The Hall–Kier alpha value is -3.01. The molecule has 2 saturated heterocycles. The summed E-state index contributed by atoms with van der Waals surface area (Å²) in [7, 11) is 0. The second-order valence-corrected chi connectivity index (χ2v) is 9.75. The van der Waals surface area contributed by atoms with Crippen LogP contribution in [0.2, 0.25) is 0 Å². The third kappa shape index (κ3) is 4.70. The molecule has 1 unspecified atom stereocenters. The minimum Gasteiger partial charge on any atom is -0.379 e. The second-order valence-electron chi connectivity index (χ2n) is 9.75. The monoisotopic (exact) mass is 492 g/mol. The highest BCUT2D eigenvalue weighted by Crippen LogP contribution is 2.31. The molecule has 0 aliphatic carbocycles. The number of halogens is 2. The fourth-order valence-electron chi connectivity index (χ4n) is 5.33. The molecular formula is C27H30F2N6O. The summed E-state index contributed by atoms with van der Waals surface area (Å²) in [4.78, 5) is 11.6. The second kappa shape index (κ2) is 10.2. The molecule has 0 bridgehead atoms. The van der Waals surface area contributed by atoms with Crippen LogP contribution in [-0.2, 0) is 11.3 Å². The number of nitrogens with zero attached hydrogens (tertiary/aromatic N) is 5. The molecule has 188 valence electrons. The maximum atomic E-state index is 15.1. The van der Waals surface area contributed by atoms with Crippen LogP contribution in [0.25, 0.3) is 22.2 Å². The van der Waals surface area contributed by atoms with E-state index < -0.39 is 11.6 Å². The van der Waals surface area contributed by atoms with Crippen LogP contribution in [0.4, 0.5) is 8.78 Å². The van der Waals surface area contributed by atoms with Gasteiger partial charge in [-0.25, -0.2) is 13.8 Å². The predicted molar refractivity (Wildman–Crippen MR) is 135 cm³/mol. The summed E-state index contributed by atoms with van der Waals surface area (Å²) >= 11 is 0. The van der Waals surface area contributed by atoms with Crippen LogP contribution in [0, 0.1) is 11.6 Å². The summed E-state index contributed by atoms with van der Waals surface area (Å²) in [6.45, 7) is 5.53. The molecule has 1 atom stereocenters. The summed E-state index contributed by atoms with van der Waals surface area (Å²) in [6, 6.07) is 8.84. The Labute approximate surface area is 209 Å². The number of hydrazone groups is 1. The maximum absolute atomic E-state index is 15.1. The lowest BCUT2D eigenvalue weighted by Crippen LogP contribution is -2.40. The maximum Gasteiger partial charge on any atom is 0.131 e. The first kappa shape index (κ1) is 23.4. The van der Waals surface area contributed by atoms with Gasteiger partial charge in [0.15, 0.2) is 0 Å². The molecule has 3 aliphatic heterocycles. The van der Waals surface area contributed by atoms with Crippen LogP contribution in [0.15, 0.2) is 41.6 Å². The number of nitrogens with one attached hydrogen (secondary N) is 1. The highest BCUT2D eigenvalue weighted by Gasteiger charge is 2.28. The zero-order valence-corrected chi connectivity index (χ0v) is 20.2. The standard InChI is InChI=1S/C27H30F2N6O/c28-23-12-18(13-24(29)22(23)17-34-8-10-36-11-9-34)21-2-1-3-25-27(21)33-26(15-31-25)19-14-32-35(16-19)20-4-6-30-7-5-20/h1-3,12-15,19-20,30H,4-11,16-17H2. The summed E-state index contributed by atoms with van der Waals surface area (Å²) < 4.78 is 35.6. The van der Waals surface area contributed by atoms with Crippen molar-refractivity contribution >= 4 is 17.2 Å². The lowest BCUT2D eigenvalue weighted by Gasteiger charge is -2.30. The van der Waals surface area contributed by atoms with Crippen molar-refractivity contribution in [1.82, 2.24) is 25.2 Å². The summed E-state index contributed by atoms with van der Waals surface area (Å²) in [5.74, 6) is -1.05. The van der Waals surface area contributed by atoms with Crippen molar-refractivity contribution in [3.63, 3.8) is 0 Å². The minimum atomic E-state index is -0.543. The summed E-state index contributed by atoms with van der Waals surface area (Å²) in [5, 5.41) is 10.2. The molecule has 0 amide bonds. The van der Waals surface area contributed by atoms with E-state index in [0.29, 0.717) is 54.5 Å². The van der Waals surface area contributed by atoms with E-state index in [4.69, 9.17) is 9.72 Å². The molecule has 0 spiro atoms. The molecule has 7 nitrogen and oxygen atoms in total. The third-order valence-electron chi connectivity index (χ3n) is 7.42. The Morgan fingerprint density at radius 1 is 1.06 bits per heavy atom. The van der Waals surface area contributed by atoms with Crippen molar-refractivity contribution in [3.8, 4) is 11.1 Å². The molecule has 0 radical (unpaired) electrons. The molecule has 9 heteroatoms. The zero-order chi connectivity index (χ0) is 24.5. The van der Waals surface area contributed by atoms with Gasteiger partial charge in [0.1, 0.15) is 11.6 Å². The van der Waals surface area contributed by atoms with E-state index in [1.54, 1.807) is 6.20 Å². The van der Waals surface area contributed by atoms with Crippen molar-refractivity contribution in [2.45, 2.75) is 31.3 Å². The predicted octanol–water partition coefficient (Wildman–Crippen LogP) is 3.54. The van der Waals surface area contributed by atoms with Gasteiger partial charge in [-0.05, 0) is 49.7 Å². The van der Waals surface area contributed by atoms with Gasteiger partial charge in [-0.3, -0.25) is 14.9 Å². The lowest BCUT2D eigenvalue weighted by atomic mass is 10.00. The normalized spacial score (nSPS) is 21.5. The van der Waals surface area contributed by atoms with Crippen LogP contribution in [0.1, 0.15) is 30.0 Å². The van der Waals surface area contributed by atoms with E-state index in [9.17, 15) is 0 Å². The summed E-state index contributed by atoms with van der Waals surface area (Å²) in [6.07, 6.45) is 5.90. The number of hydrogen-bond donors (Lipinski definition) is 1. The number of para-hydroxylation sites is 1. The molecule has 3 aliphatic rings. The van der Waals surface area contributed by atoms with Gasteiger partial charge in [-0.2, -0.15) is 5.10 Å². The van der Waals surface area contributed by atoms with E-state index >= 15 is 8.78 Å². The molecular weight excluding hydrogens is 462 g/mol. The van der Waals surface area contributed by atoms with E-state index in [2.05, 4.69) is 20.4 Å². The average molecular weight is 493 g/mol. The van der Waals surface area contributed by atoms with Gasteiger partial charge in [0, 0.05) is 55.8 Å². The van der Waals surface area contributed by atoms with Crippen LogP contribution >= 0.6 is 0 Å². The molecule has 4 heterocycles. The first-order valence-electron chi connectivity index (χ1n) is 12.7. The van der Waals surface area contributed by atoms with Crippen molar-refractivity contribution in [1.29, 1.82) is 0 Å². The Balaban J connectivity index is 1.28. The van der Waals surface area contributed by atoms with Crippen molar-refractivity contribution in [2.75, 3.05) is 45.9 Å². The van der Waals surface area contributed by atoms with Gasteiger partial charge in [-0.15, -0.1) is 0 Å². The number of aromatic nitrogens is 2. The van der Waals surface area contributed by atoms with Gasteiger partial charge in [0.2, 0.25) is 0 Å². The summed E-state index contributed by atoms with van der Waals surface area (Å²) in [5.41, 5.74) is 3.38. The molecule has 1 aromatic heterocycles. The Morgan fingerprint density at radius 3 is 2.61 bits per heavy atom. The lowest BCUT2D eigenvalue weighted by molar-refractivity contribution is 0.0332. The van der Waals surface area contributed by atoms with Gasteiger partial charge in [-0.1, -0.05) is 12.1 Å². The quantitative estimate of drug-likeness (QED) is 0.588. The van der Waals surface area contributed by atoms with Crippen LogP contribution in [-0.4, -0.2) is 78.1 Å². The zero-order valence-electron chi connectivity index (χ0n) is 20.2. The number of rotatable bonds is 5. The van der Waals surface area contributed by atoms with E-state index in [1.807, 2.05) is 29.3 Å². The fourth-order valence-corrected chi connectivity index (χ4v) is 5.33. The van der Waals surface area contributed by atoms with E-state index in [1.165, 1.54) is 12.1 Å². The van der Waals surface area contributed by atoms with Crippen LogP contribution in [0.5, 0.6) is 0 Å². The van der Waals surface area contributed by atoms with Crippen molar-refractivity contribution in [3.05, 3.63) is 59.4 Å². The van der Waals surface area contributed by atoms with E-state index in [0.717, 1.165) is 38.2 Å². The molecule has 1 N–H and O–H groups in total. The topological polar surface area (TPSA) is 65.9 Å². The first-order valence-corrected chi connectivity index (χ1v) is 12.7. The van der Waals surface area contributed by atoms with E-state index in [-0.39, 0.29) is 18.0 Å². The highest BCUT2D eigenvalue weighted by atomic mass is 19.1. The van der Waals surface area contributed by atoms with Gasteiger partial charge >= 0.3 is 0 Å². The van der Waals surface area contributed by atoms with Crippen molar-refractivity contribution in [2.24, 2.45) is 5.10 Å². The molecule has 36 heavy (non-hydrogen) atoms. The highest BCUT2D eigenvalue weighted by molar-refractivity contribution is 5.91. The number of ether oxygens (including phenoxy) is 1. The molecule has 0 saturated carbocycles. The fraction of sp³-hybridized carbons (Fsp3) is 0.444. The molecule has 2 fully saturated rings. The first-order chi connectivity index (χ1) is 17.7. The largest absolute Gasteiger partial charge is 0.379 e. The number of morpholine rings is 1. The van der Waals surface area contributed by atoms with Gasteiger partial charge < -0.3 is 10.1 Å². The number of fused-ring (bicyclic) bond motifs is 1. The number of benzene rings is 2. The number of piperidine rings is 1. The smallest absolute Gasteiger partial charge is 0.131 e. The minimum absolute atomic E-state index is 0.0363. The van der Waals surface area contributed by atoms with Gasteiger partial charge in [0.25, 0.3) is 0 Å². The third-order valence-corrected chi connectivity index (χ3v) is 7.42. The Kier molecular flexibility index (Phi) is 6.60. The average Bonchev–Trinajstić information content (AvgIpc) is 3.42. The molecule has 3 aromatic rings. The Morgan fingerprint density at radius 2 is 1.83 bits per heavy atom. The van der Waals surface area contributed by atoms with Crippen LogP contribution < -0.4 is 5.32 Å². The van der Waals surface area contributed by atoms with Crippen LogP contribution in [0.3, 0.4) is 0 Å². The number of hydrogen-bond acceptors (Lipinski definition) is 7. The molecule has 6 rings (SSSR count). The SMILES string of the molecule is Fc1cc(-c2cccc3ncc(C4C=NN(C5CCNCC5)C4)nc23)cc(F)c1CN1CCOCC1. The van der Waals surface area contributed by atoms with Gasteiger partial charge in [0.05, 0.1) is 35.9 Å². The molecule has 2 aromatic carbocycles. The van der Waals surface area contributed by atoms with Crippen molar-refractivity contribution < 1.29 is 13.5 Å². The Bertz CT molecular complexity index is 1250.